The monoisotopic (exact) mass is 426 g/mol. The lowest BCUT2D eigenvalue weighted by Crippen LogP contribution is -2.42. The molecule has 1 fully saturated rings. The number of benzene rings is 1. The molecule has 0 saturated heterocycles. The van der Waals surface area contributed by atoms with Gasteiger partial charge in [-0.1, -0.05) is 11.6 Å². The van der Waals surface area contributed by atoms with E-state index in [-0.39, 0.29) is 36.3 Å². The maximum absolute atomic E-state index is 13.3. The molecule has 2 aromatic rings. The first-order chi connectivity index (χ1) is 13.7. The minimum Gasteiger partial charge on any atom is -0.373 e. The average Bonchev–Trinajstić information content (AvgIpc) is 2.67. The van der Waals surface area contributed by atoms with Crippen molar-refractivity contribution in [3.05, 3.63) is 51.5 Å². The normalized spacial score (nSPS) is 17.6. The van der Waals surface area contributed by atoms with Crippen LogP contribution in [0.15, 0.2) is 35.3 Å². The van der Waals surface area contributed by atoms with E-state index in [2.05, 4.69) is 15.3 Å². The van der Waals surface area contributed by atoms with Crippen molar-refractivity contribution in [1.82, 2.24) is 15.3 Å². The topological polar surface area (TPSA) is 98.3 Å². The number of H-pyrrole nitrogens is 1. The van der Waals surface area contributed by atoms with Crippen LogP contribution in [0.5, 0.6) is 0 Å². The Balaban J connectivity index is 1.73. The summed E-state index contributed by atoms with van der Waals surface area (Å²) in [5, 5.41) is 12.9. The fourth-order valence-electron chi connectivity index (χ4n) is 3.30. The molecule has 1 saturated carbocycles. The Labute approximate surface area is 170 Å². The van der Waals surface area contributed by atoms with Gasteiger partial charge >= 0.3 is 5.69 Å². The van der Waals surface area contributed by atoms with E-state index < -0.39 is 29.7 Å². The molecule has 7 nitrogen and oxygen atoms in total. The number of aromatic amines is 1. The third-order valence-corrected chi connectivity index (χ3v) is 5.42. The highest BCUT2D eigenvalue weighted by molar-refractivity contribution is 6.34. The number of aliphatic hydroxyl groups excluding tert-OH is 1. The van der Waals surface area contributed by atoms with E-state index >= 15 is 0 Å². The number of hydrogen-bond acceptors (Lipinski definition) is 5. The summed E-state index contributed by atoms with van der Waals surface area (Å²) < 4.78 is 26.6. The summed E-state index contributed by atoms with van der Waals surface area (Å²) in [5.41, 5.74) is 0.170. The van der Waals surface area contributed by atoms with Crippen LogP contribution in [-0.4, -0.2) is 40.2 Å². The van der Waals surface area contributed by atoms with E-state index in [1.54, 1.807) is 24.1 Å². The molecule has 0 spiro atoms. The Hall–Kier alpha value is -2.52. The zero-order chi connectivity index (χ0) is 21.2. The van der Waals surface area contributed by atoms with E-state index in [4.69, 9.17) is 11.6 Å². The second kappa shape index (κ2) is 8.46. The molecule has 156 valence electrons. The maximum Gasteiger partial charge on any atom is 0.346 e. The van der Waals surface area contributed by atoms with Crippen molar-refractivity contribution in [2.75, 3.05) is 11.9 Å². The molecular formula is C19H21ClF2N4O3. The van der Waals surface area contributed by atoms with Crippen molar-refractivity contribution >= 4 is 29.0 Å². The Kier molecular flexibility index (Phi) is 6.18. The molecule has 3 N–H and O–H groups in total. The molecule has 1 aromatic carbocycles. The molecule has 10 heteroatoms. The fraction of sp³-hybridized carbons (Fsp3) is 0.421. The molecule has 3 rings (SSSR count). The number of nitrogens with zero attached hydrogens (tertiary/aromatic N) is 2. The summed E-state index contributed by atoms with van der Waals surface area (Å²) in [7, 11) is 1.69. The molecule has 1 aromatic heterocycles. The van der Waals surface area contributed by atoms with Gasteiger partial charge in [0, 0.05) is 37.7 Å². The van der Waals surface area contributed by atoms with E-state index in [0.717, 1.165) is 0 Å². The predicted octanol–water partition coefficient (Wildman–Crippen LogP) is 3.06. The predicted molar refractivity (Wildman–Crippen MR) is 105 cm³/mol. The van der Waals surface area contributed by atoms with Gasteiger partial charge in [0.05, 0.1) is 10.6 Å². The van der Waals surface area contributed by atoms with Crippen LogP contribution < -0.4 is 15.9 Å². The van der Waals surface area contributed by atoms with Gasteiger partial charge in [0.2, 0.25) is 5.92 Å². The number of alkyl halides is 2. The fourth-order valence-corrected chi connectivity index (χ4v) is 3.50. The van der Waals surface area contributed by atoms with Crippen LogP contribution in [0.4, 0.5) is 20.3 Å². The van der Waals surface area contributed by atoms with Crippen molar-refractivity contribution in [2.45, 2.75) is 37.8 Å². The van der Waals surface area contributed by atoms with Gasteiger partial charge in [-0.05, 0) is 37.1 Å². The Morgan fingerprint density at radius 1 is 1.38 bits per heavy atom. The minimum absolute atomic E-state index is 0.118. The van der Waals surface area contributed by atoms with Gasteiger partial charge in [0.1, 0.15) is 12.0 Å². The van der Waals surface area contributed by atoms with Gasteiger partial charge in [-0.25, -0.2) is 18.6 Å². The van der Waals surface area contributed by atoms with Crippen LogP contribution in [0, 0.1) is 5.92 Å². The first-order valence-electron chi connectivity index (χ1n) is 9.12. The highest BCUT2D eigenvalue weighted by Crippen LogP contribution is 2.37. The number of aliphatic hydroxyl groups is 1. The first-order valence-corrected chi connectivity index (χ1v) is 9.49. The summed E-state index contributed by atoms with van der Waals surface area (Å²) in [6.07, 6.45) is -0.252. The standard InChI is InChI=1S/C19H21ClF2N4O3/c1-26(15-6-9-23-18(29)24-15)12-2-3-14(20)13(10-12)17(28)25-16(27)11-4-7-19(21,22)8-5-11/h2-3,6,9-11,16,27H,4-5,7-8H2,1H3,(H,25,28)(H,23,24,29). The van der Waals surface area contributed by atoms with Crippen LogP contribution in [0.25, 0.3) is 0 Å². The molecule has 0 bridgehead atoms. The number of halogens is 3. The number of rotatable bonds is 5. The second-order valence-electron chi connectivity index (χ2n) is 7.10. The molecule has 1 heterocycles. The summed E-state index contributed by atoms with van der Waals surface area (Å²) in [4.78, 5) is 31.8. The molecule has 1 unspecified atom stereocenters. The highest BCUT2D eigenvalue weighted by atomic mass is 35.5. The van der Waals surface area contributed by atoms with Crippen LogP contribution in [0.2, 0.25) is 5.02 Å². The van der Waals surface area contributed by atoms with Crippen molar-refractivity contribution in [2.24, 2.45) is 5.92 Å². The molecule has 1 aliphatic carbocycles. The van der Waals surface area contributed by atoms with Crippen molar-refractivity contribution in [1.29, 1.82) is 0 Å². The van der Waals surface area contributed by atoms with Crippen LogP contribution in [0.3, 0.4) is 0 Å². The van der Waals surface area contributed by atoms with Crippen molar-refractivity contribution in [3.8, 4) is 0 Å². The average molecular weight is 427 g/mol. The molecule has 0 aliphatic heterocycles. The van der Waals surface area contributed by atoms with E-state index in [9.17, 15) is 23.5 Å². The van der Waals surface area contributed by atoms with E-state index in [1.807, 2.05) is 0 Å². The number of carbonyl (C=O) groups is 1. The van der Waals surface area contributed by atoms with E-state index in [1.165, 1.54) is 18.3 Å². The SMILES string of the molecule is CN(c1ccc(Cl)c(C(=O)NC(O)C2CCC(F)(F)CC2)c1)c1ccnc(=O)[nH]1. The molecule has 29 heavy (non-hydrogen) atoms. The van der Waals surface area contributed by atoms with Gasteiger partial charge in [-0.3, -0.25) is 9.78 Å². The number of amides is 1. The number of anilines is 2. The Bertz CT molecular complexity index is 943. The number of carbonyl (C=O) groups excluding carboxylic acids is 1. The molecule has 1 amide bonds. The van der Waals surface area contributed by atoms with E-state index in [0.29, 0.717) is 11.5 Å². The Morgan fingerprint density at radius 2 is 2.07 bits per heavy atom. The quantitative estimate of drug-likeness (QED) is 0.638. The van der Waals surface area contributed by atoms with Gasteiger partial charge in [-0.2, -0.15) is 0 Å². The Morgan fingerprint density at radius 3 is 2.72 bits per heavy atom. The summed E-state index contributed by atoms with van der Waals surface area (Å²) in [6, 6.07) is 6.29. The zero-order valence-corrected chi connectivity index (χ0v) is 16.4. The van der Waals surface area contributed by atoms with Crippen LogP contribution >= 0.6 is 11.6 Å². The lowest BCUT2D eigenvalue weighted by atomic mass is 9.85. The van der Waals surface area contributed by atoms with Crippen LogP contribution in [-0.2, 0) is 0 Å². The second-order valence-corrected chi connectivity index (χ2v) is 7.50. The van der Waals surface area contributed by atoms with Gasteiger partial charge in [0.25, 0.3) is 5.91 Å². The number of aromatic nitrogens is 2. The summed E-state index contributed by atoms with van der Waals surface area (Å²) in [5.74, 6) is -3.30. The molecule has 0 radical (unpaired) electrons. The van der Waals surface area contributed by atoms with Crippen molar-refractivity contribution in [3.63, 3.8) is 0 Å². The molecule has 1 aliphatic rings. The van der Waals surface area contributed by atoms with Crippen LogP contribution in [0.1, 0.15) is 36.0 Å². The van der Waals surface area contributed by atoms with Gasteiger partial charge in [-0.15, -0.1) is 0 Å². The lowest BCUT2D eigenvalue weighted by Gasteiger charge is -2.31. The lowest BCUT2D eigenvalue weighted by molar-refractivity contribution is -0.0650. The maximum atomic E-state index is 13.3. The summed E-state index contributed by atoms with van der Waals surface area (Å²) in [6.45, 7) is 0. The first kappa shape index (κ1) is 21.2. The largest absolute Gasteiger partial charge is 0.373 e. The third-order valence-electron chi connectivity index (χ3n) is 5.09. The van der Waals surface area contributed by atoms with Gasteiger partial charge < -0.3 is 15.3 Å². The number of nitrogens with one attached hydrogen (secondary N) is 2. The smallest absolute Gasteiger partial charge is 0.346 e. The minimum atomic E-state index is -2.71. The third kappa shape index (κ3) is 5.10. The van der Waals surface area contributed by atoms with Crippen molar-refractivity contribution < 1.29 is 18.7 Å². The highest BCUT2D eigenvalue weighted by Gasteiger charge is 2.37. The molecule has 1 atom stereocenters. The van der Waals surface area contributed by atoms with Gasteiger partial charge in [0.15, 0.2) is 0 Å². The summed E-state index contributed by atoms with van der Waals surface area (Å²) >= 11 is 6.15. The number of hydrogen-bond donors (Lipinski definition) is 3. The zero-order valence-electron chi connectivity index (χ0n) is 15.7. The molecular weight excluding hydrogens is 406 g/mol.